The molecule has 2 nitrogen and oxygen atoms in total. The molecule has 0 saturated heterocycles. The van der Waals surface area contributed by atoms with Crippen molar-refractivity contribution >= 4 is 6.21 Å². The highest BCUT2D eigenvalue weighted by molar-refractivity contribution is 5.77. The van der Waals surface area contributed by atoms with Crippen LogP contribution in [0.2, 0.25) is 0 Å². The standard InChI is InChI=1S/C4H6N2/c1-4-2-5-6-3-4/h2-3,5H,1H3/q+1. The Labute approximate surface area is 36.6 Å². The summed E-state index contributed by atoms with van der Waals surface area (Å²) in [4.78, 5) is 0. The Balaban J connectivity index is 2.68. The largest absolute Gasteiger partial charge is 0.279 e. The molecule has 1 aliphatic heterocycles. The van der Waals surface area contributed by atoms with Crippen LogP contribution in [-0.2, 0) is 0 Å². The van der Waals surface area contributed by atoms with Crippen LogP contribution in [0, 0.1) is 0 Å². The van der Waals surface area contributed by atoms with Crippen molar-refractivity contribution in [3.8, 4) is 0 Å². The third kappa shape index (κ3) is 0.407. The van der Waals surface area contributed by atoms with Crippen LogP contribution in [-0.4, -0.2) is 6.21 Å². The SMILES string of the molecule is CC1=CN[N+]=C1. The number of rotatable bonds is 0. The van der Waals surface area contributed by atoms with Gasteiger partial charge in [0.15, 0.2) is 5.10 Å². The summed E-state index contributed by atoms with van der Waals surface area (Å²) >= 11 is 0. The molecule has 2 heteroatoms. The van der Waals surface area contributed by atoms with Crippen molar-refractivity contribution in [2.24, 2.45) is 0 Å². The summed E-state index contributed by atoms with van der Waals surface area (Å²) in [6.07, 6.45) is 3.62. The molecule has 0 atom stereocenters. The predicted octanol–water partition coefficient (Wildman–Crippen LogP) is -0.185. The lowest BCUT2D eigenvalue weighted by atomic mass is 10.4. The van der Waals surface area contributed by atoms with Gasteiger partial charge in [-0.1, -0.05) is 0 Å². The number of hydrogen-bond acceptors (Lipinski definition) is 2. The van der Waals surface area contributed by atoms with Gasteiger partial charge in [-0.15, -0.1) is 5.43 Å². The second-order valence-corrected chi connectivity index (χ2v) is 1.28. The second-order valence-electron chi connectivity index (χ2n) is 1.28. The summed E-state index contributed by atoms with van der Waals surface area (Å²) in [6.45, 7) is 1.99. The van der Waals surface area contributed by atoms with Crippen molar-refractivity contribution in [1.29, 1.82) is 0 Å². The second kappa shape index (κ2) is 1.12. The number of hydrazone groups is 1. The molecule has 0 aromatic rings. The Morgan fingerprint density at radius 2 is 2.67 bits per heavy atom. The van der Waals surface area contributed by atoms with E-state index in [0.717, 1.165) is 0 Å². The van der Waals surface area contributed by atoms with Crippen LogP contribution in [0.4, 0.5) is 0 Å². The van der Waals surface area contributed by atoms with E-state index in [4.69, 9.17) is 0 Å². The van der Waals surface area contributed by atoms with Gasteiger partial charge in [0.05, 0.1) is 6.20 Å². The Morgan fingerprint density at radius 1 is 1.83 bits per heavy atom. The Morgan fingerprint density at radius 3 is 2.83 bits per heavy atom. The van der Waals surface area contributed by atoms with E-state index in [1.165, 1.54) is 5.57 Å². The van der Waals surface area contributed by atoms with E-state index in [1.54, 1.807) is 6.21 Å². The lowest BCUT2D eigenvalue weighted by Crippen LogP contribution is -1.99. The Kier molecular flexibility index (Phi) is 0.638. The minimum absolute atomic E-state index is 1.18. The predicted molar refractivity (Wildman–Crippen MR) is 25.1 cm³/mol. The minimum Gasteiger partial charge on any atom is -0.108 e. The highest BCUT2D eigenvalue weighted by atomic mass is 15.3. The Hall–Kier alpha value is -0.790. The first kappa shape index (κ1) is 3.40. The topological polar surface area (TPSA) is 26.1 Å². The first-order valence-electron chi connectivity index (χ1n) is 1.85. The van der Waals surface area contributed by atoms with E-state index in [9.17, 15) is 0 Å². The normalized spacial score (nSPS) is 17.2. The molecule has 31 valence electrons. The van der Waals surface area contributed by atoms with Crippen LogP contribution >= 0.6 is 0 Å². The lowest BCUT2D eigenvalue weighted by molar-refractivity contribution is 0.892. The summed E-state index contributed by atoms with van der Waals surface area (Å²) in [5, 5.41) is 3.70. The molecule has 0 bridgehead atoms. The molecule has 1 N–H and O–H groups in total. The fourth-order valence-electron chi connectivity index (χ4n) is 0.315. The van der Waals surface area contributed by atoms with Crippen molar-refractivity contribution in [2.45, 2.75) is 6.92 Å². The maximum Gasteiger partial charge on any atom is 0.279 e. The van der Waals surface area contributed by atoms with Crippen molar-refractivity contribution in [3.63, 3.8) is 0 Å². The summed E-state index contributed by atoms with van der Waals surface area (Å²) in [6, 6.07) is 0. The molecule has 0 saturated carbocycles. The summed E-state index contributed by atoms with van der Waals surface area (Å²) in [7, 11) is 0. The van der Waals surface area contributed by atoms with E-state index in [1.807, 2.05) is 13.1 Å². The molecule has 0 aromatic heterocycles. The van der Waals surface area contributed by atoms with Crippen molar-refractivity contribution in [1.82, 2.24) is 10.5 Å². The van der Waals surface area contributed by atoms with E-state index >= 15 is 0 Å². The van der Waals surface area contributed by atoms with Crippen LogP contribution in [0.1, 0.15) is 6.92 Å². The molecule has 1 radical (unpaired) electrons. The van der Waals surface area contributed by atoms with Gasteiger partial charge < -0.3 is 0 Å². The monoisotopic (exact) mass is 82.1 g/mol. The van der Waals surface area contributed by atoms with Crippen molar-refractivity contribution in [2.75, 3.05) is 0 Å². The number of nitrogens with one attached hydrogen (secondary N) is 1. The van der Waals surface area contributed by atoms with E-state index in [-0.39, 0.29) is 0 Å². The van der Waals surface area contributed by atoms with Gasteiger partial charge in [-0.3, -0.25) is 0 Å². The molecule has 0 fully saturated rings. The average Bonchev–Trinajstić information content (AvgIpc) is 1.86. The van der Waals surface area contributed by atoms with Gasteiger partial charge in [0.2, 0.25) is 0 Å². The molecule has 0 spiro atoms. The highest BCUT2D eigenvalue weighted by Gasteiger charge is 1.98. The molecule has 0 aromatic carbocycles. The minimum atomic E-state index is 1.18. The van der Waals surface area contributed by atoms with Crippen LogP contribution in [0.5, 0.6) is 0 Å². The molecule has 0 unspecified atom stereocenters. The van der Waals surface area contributed by atoms with Gasteiger partial charge in [-0.05, 0) is 6.92 Å². The first-order valence-corrected chi connectivity index (χ1v) is 1.85. The fourth-order valence-corrected chi connectivity index (χ4v) is 0.315. The zero-order valence-electron chi connectivity index (χ0n) is 3.60. The molecule has 0 amide bonds. The summed E-state index contributed by atoms with van der Waals surface area (Å²) in [5.74, 6) is 0. The summed E-state index contributed by atoms with van der Waals surface area (Å²) < 4.78 is 0. The van der Waals surface area contributed by atoms with Gasteiger partial charge in [-0.2, -0.15) is 0 Å². The van der Waals surface area contributed by atoms with Crippen LogP contribution in [0.25, 0.3) is 0 Å². The van der Waals surface area contributed by atoms with Crippen molar-refractivity contribution < 1.29 is 0 Å². The summed E-state index contributed by atoms with van der Waals surface area (Å²) in [5.41, 5.74) is 3.86. The lowest BCUT2D eigenvalue weighted by Gasteiger charge is -1.62. The quantitative estimate of drug-likeness (QED) is 0.431. The van der Waals surface area contributed by atoms with Crippen LogP contribution < -0.4 is 10.5 Å². The maximum absolute atomic E-state index is 3.70. The Bertz CT molecular complexity index is 99.4. The van der Waals surface area contributed by atoms with Gasteiger partial charge in [0.1, 0.15) is 0 Å². The molecular weight excluding hydrogens is 76.1 g/mol. The van der Waals surface area contributed by atoms with Gasteiger partial charge >= 0.3 is 0 Å². The van der Waals surface area contributed by atoms with E-state index < -0.39 is 0 Å². The number of allylic oxidation sites excluding steroid dienone is 1. The zero-order chi connectivity index (χ0) is 4.41. The van der Waals surface area contributed by atoms with Gasteiger partial charge in [0, 0.05) is 5.57 Å². The smallest absolute Gasteiger partial charge is 0.108 e. The van der Waals surface area contributed by atoms with Crippen molar-refractivity contribution in [3.05, 3.63) is 11.8 Å². The molecule has 1 rings (SSSR count). The first-order chi connectivity index (χ1) is 2.89. The number of nitrogens with zero attached hydrogens (tertiary/aromatic N) is 1. The van der Waals surface area contributed by atoms with E-state index in [0.29, 0.717) is 0 Å². The molecule has 0 aliphatic carbocycles. The molecule has 1 heterocycles. The third-order valence-electron chi connectivity index (χ3n) is 0.635. The zero-order valence-corrected chi connectivity index (χ0v) is 3.60. The third-order valence-corrected chi connectivity index (χ3v) is 0.635. The fraction of sp³-hybridized carbons (Fsp3) is 0.250. The average molecular weight is 82.1 g/mol. The van der Waals surface area contributed by atoms with Crippen LogP contribution in [0.15, 0.2) is 11.8 Å². The van der Waals surface area contributed by atoms with E-state index in [2.05, 4.69) is 10.5 Å². The van der Waals surface area contributed by atoms with Gasteiger partial charge in [-0.25, -0.2) is 0 Å². The number of hydrogen-bond donors (Lipinski definition) is 1. The van der Waals surface area contributed by atoms with Gasteiger partial charge in [0.25, 0.3) is 6.21 Å². The van der Waals surface area contributed by atoms with Crippen LogP contribution in [0.3, 0.4) is 0 Å². The highest BCUT2D eigenvalue weighted by Crippen LogP contribution is 1.82. The maximum atomic E-state index is 3.70. The molecular formula is C4H6N2+. The molecule has 1 aliphatic rings. The molecule has 6 heavy (non-hydrogen) atoms.